The Morgan fingerprint density at radius 1 is 1.59 bits per heavy atom. The summed E-state index contributed by atoms with van der Waals surface area (Å²) in [4.78, 5) is 21.5. The quantitative estimate of drug-likeness (QED) is 0.582. The molecule has 1 aliphatic heterocycles. The summed E-state index contributed by atoms with van der Waals surface area (Å²) in [6.45, 7) is 1.43. The number of rotatable bonds is 2. The van der Waals surface area contributed by atoms with Crippen LogP contribution in [0.3, 0.4) is 0 Å². The molecule has 1 aliphatic rings. The number of benzene rings is 1. The third kappa shape index (κ3) is 2.04. The van der Waals surface area contributed by atoms with Gasteiger partial charge in [-0.25, -0.2) is 0 Å². The molecule has 0 radical (unpaired) electrons. The molecule has 1 amide bonds. The first-order valence-electron chi connectivity index (χ1n) is 4.93. The van der Waals surface area contributed by atoms with Gasteiger partial charge in [0.1, 0.15) is 5.75 Å². The molecule has 17 heavy (non-hydrogen) atoms. The maximum atomic E-state index is 11.5. The number of hydrogen-bond donors (Lipinski definition) is 2. The Morgan fingerprint density at radius 3 is 2.88 bits per heavy atom. The summed E-state index contributed by atoms with van der Waals surface area (Å²) in [5.41, 5.74) is 0.101. The SMILES string of the molecule is C[C@@H](O)[C@@H]1Oc2ccc([N+](=O)[O-])cc2NC1=O. The van der Waals surface area contributed by atoms with Gasteiger partial charge in [0, 0.05) is 12.1 Å². The standard InChI is InChI=1S/C10H10N2O5/c1-5(13)9-10(14)11-7-4-6(12(15)16)2-3-8(7)17-9/h2-5,9,13H,1H3,(H,11,14)/t5-,9+/m1/s1. The summed E-state index contributed by atoms with van der Waals surface area (Å²) in [7, 11) is 0. The Hall–Kier alpha value is -2.15. The predicted molar refractivity (Wildman–Crippen MR) is 57.8 cm³/mol. The lowest BCUT2D eigenvalue weighted by Crippen LogP contribution is -2.44. The lowest BCUT2D eigenvalue weighted by Gasteiger charge is -2.27. The van der Waals surface area contributed by atoms with Gasteiger partial charge in [-0.1, -0.05) is 0 Å². The first-order valence-corrected chi connectivity index (χ1v) is 4.93. The van der Waals surface area contributed by atoms with E-state index in [0.717, 1.165) is 0 Å². The van der Waals surface area contributed by atoms with Crippen molar-refractivity contribution in [3.63, 3.8) is 0 Å². The highest BCUT2D eigenvalue weighted by molar-refractivity contribution is 5.98. The number of nitrogens with one attached hydrogen (secondary N) is 1. The van der Waals surface area contributed by atoms with Crippen molar-refractivity contribution < 1.29 is 19.6 Å². The number of aliphatic hydroxyl groups is 1. The molecule has 1 heterocycles. The highest BCUT2D eigenvalue weighted by Gasteiger charge is 2.32. The number of fused-ring (bicyclic) bond motifs is 1. The van der Waals surface area contributed by atoms with Crippen molar-refractivity contribution in [2.24, 2.45) is 0 Å². The molecule has 0 fully saturated rings. The van der Waals surface area contributed by atoms with Crippen molar-refractivity contribution in [2.45, 2.75) is 19.1 Å². The third-order valence-corrected chi connectivity index (χ3v) is 2.38. The summed E-state index contributed by atoms with van der Waals surface area (Å²) in [5.74, 6) is -0.214. The number of nitro groups is 1. The van der Waals surface area contributed by atoms with Gasteiger partial charge in [-0.3, -0.25) is 14.9 Å². The van der Waals surface area contributed by atoms with Crippen molar-refractivity contribution in [1.82, 2.24) is 0 Å². The van der Waals surface area contributed by atoms with Crippen molar-refractivity contribution in [1.29, 1.82) is 0 Å². The van der Waals surface area contributed by atoms with Crippen LogP contribution in [-0.4, -0.2) is 28.1 Å². The number of ether oxygens (including phenoxy) is 1. The summed E-state index contributed by atoms with van der Waals surface area (Å²) < 4.78 is 5.26. The van der Waals surface area contributed by atoms with Gasteiger partial charge in [-0.15, -0.1) is 0 Å². The number of anilines is 1. The molecule has 0 spiro atoms. The fourth-order valence-electron chi connectivity index (χ4n) is 1.54. The predicted octanol–water partition coefficient (Wildman–Crippen LogP) is 0.675. The van der Waals surface area contributed by atoms with Crippen molar-refractivity contribution >= 4 is 17.3 Å². The number of aliphatic hydroxyl groups excluding tert-OH is 1. The van der Waals surface area contributed by atoms with Gasteiger partial charge in [-0.05, 0) is 13.0 Å². The van der Waals surface area contributed by atoms with Gasteiger partial charge in [0.05, 0.1) is 16.7 Å². The fourth-order valence-corrected chi connectivity index (χ4v) is 1.54. The van der Waals surface area contributed by atoms with E-state index in [9.17, 15) is 20.0 Å². The van der Waals surface area contributed by atoms with Crippen LogP contribution in [0.1, 0.15) is 6.92 Å². The minimum atomic E-state index is -0.996. The molecule has 0 unspecified atom stereocenters. The molecule has 0 bridgehead atoms. The summed E-state index contributed by atoms with van der Waals surface area (Å²) >= 11 is 0. The number of carbonyl (C=O) groups is 1. The fraction of sp³-hybridized carbons (Fsp3) is 0.300. The minimum absolute atomic E-state index is 0.136. The molecule has 0 saturated heterocycles. The van der Waals surface area contributed by atoms with Crippen LogP contribution in [0.15, 0.2) is 18.2 Å². The van der Waals surface area contributed by atoms with Crippen LogP contribution in [0.25, 0.3) is 0 Å². The average Bonchev–Trinajstić information content (AvgIpc) is 2.26. The van der Waals surface area contributed by atoms with E-state index in [2.05, 4.69) is 5.32 Å². The second-order valence-electron chi connectivity index (χ2n) is 3.71. The Labute approximate surface area is 96.2 Å². The average molecular weight is 238 g/mol. The van der Waals surface area contributed by atoms with Crippen LogP contribution < -0.4 is 10.1 Å². The number of amides is 1. The Balaban J connectivity index is 2.35. The van der Waals surface area contributed by atoms with E-state index in [-0.39, 0.29) is 11.4 Å². The van der Waals surface area contributed by atoms with Gasteiger partial charge in [-0.2, -0.15) is 0 Å². The van der Waals surface area contributed by atoms with Crippen LogP contribution in [0.4, 0.5) is 11.4 Å². The Kier molecular flexibility index (Phi) is 2.68. The molecular formula is C10H10N2O5. The molecule has 90 valence electrons. The monoisotopic (exact) mass is 238 g/mol. The van der Waals surface area contributed by atoms with Crippen molar-refractivity contribution in [3.8, 4) is 5.75 Å². The van der Waals surface area contributed by atoms with Gasteiger partial charge in [0.2, 0.25) is 6.10 Å². The van der Waals surface area contributed by atoms with Crippen LogP contribution >= 0.6 is 0 Å². The smallest absolute Gasteiger partial charge is 0.271 e. The van der Waals surface area contributed by atoms with Crippen LogP contribution in [0.2, 0.25) is 0 Å². The van der Waals surface area contributed by atoms with Crippen molar-refractivity contribution in [2.75, 3.05) is 5.32 Å². The highest BCUT2D eigenvalue weighted by Crippen LogP contribution is 2.33. The number of hydrogen-bond acceptors (Lipinski definition) is 5. The zero-order valence-corrected chi connectivity index (χ0v) is 8.91. The highest BCUT2D eigenvalue weighted by atomic mass is 16.6. The molecule has 1 aromatic rings. The summed E-state index contributed by atoms with van der Waals surface area (Å²) in [5, 5.41) is 22.3. The van der Waals surface area contributed by atoms with Gasteiger partial charge >= 0.3 is 0 Å². The third-order valence-electron chi connectivity index (χ3n) is 2.38. The summed E-state index contributed by atoms with van der Waals surface area (Å²) in [6, 6.07) is 3.88. The van der Waals surface area contributed by atoms with Crippen LogP contribution in [-0.2, 0) is 4.79 Å². The molecule has 0 aromatic heterocycles. The minimum Gasteiger partial charge on any atom is -0.476 e. The first-order chi connectivity index (χ1) is 7.99. The molecule has 2 N–H and O–H groups in total. The molecule has 2 atom stereocenters. The van der Waals surface area contributed by atoms with Crippen LogP contribution in [0, 0.1) is 10.1 Å². The van der Waals surface area contributed by atoms with Gasteiger partial charge < -0.3 is 15.2 Å². The number of carbonyl (C=O) groups excluding carboxylic acids is 1. The molecule has 1 aromatic carbocycles. The van der Waals surface area contributed by atoms with Crippen molar-refractivity contribution in [3.05, 3.63) is 28.3 Å². The topological polar surface area (TPSA) is 102 Å². The van der Waals surface area contributed by atoms with Gasteiger partial charge in [0.15, 0.2) is 0 Å². The Morgan fingerprint density at radius 2 is 2.29 bits per heavy atom. The molecule has 7 heteroatoms. The molecule has 7 nitrogen and oxygen atoms in total. The normalized spacial score (nSPS) is 19.9. The zero-order valence-electron chi connectivity index (χ0n) is 8.91. The maximum absolute atomic E-state index is 11.5. The van der Waals surface area contributed by atoms with E-state index < -0.39 is 23.0 Å². The molecular weight excluding hydrogens is 228 g/mol. The Bertz CT molecular complexity index is 486. The first kappa shape index (κ1) is 11.3. The lowest BCUT2D eigenvalue weighted by molar-refractivity contribution is -0.384. The van der Waals surface area contributed by atoms with E-state index in [1.165, 1.54) is 25.1 Å². The summed E-state index contributed by atoms with van der Waals surface area (Å²) in [6.07, 6.45) is -1.96. The second-order valence-corrected chi connectivity index (χ2v) is 3.71. The van der Waals surface area contributed by atoms with E-state index in [1.807, 2.05) is 0 Å². The van der Waals surface area contributed by atoms with E-state index >= 15 is 0 Å². The molecule has 0 saturated carbocycles. The van der Waals surface area contributed by atoms with E-state index in [0.29, 0.717) is 5.75 Å². The van der Waals surface area contributed by atoms with Crippen LogP contribution in [0.5, 0.6) is 5.75 Å². The number of nitrogens with zero attached hydrogens (tertiary/aromatic N) is 1. The molecule has 0 aliphatic carbocycles. The maximum Gasteiger partial charge on any atom is 0.271 e. The largest absolute Gasteiger partial charge is 0.476 e. The number of nitro benzene ring substituents is 1. The number of non-ortho nitro benzene ring substituents is 1. The molecule has 2 rings (SSSR count). The van der Waals surface area contributed by atoms with E-state index in [1.54, 1.807) is 0 Å². The second kappa shape index (κ2) is 4.02. The zero-order chi connectivity index (χ0) is 12.6. The lowest BCUT2D eigenvalue weighted by atomic mass is 10.1. The van der Waals surface area contributed by atoms with E-state index in [4.69, 9.17) is 4.74 Å². The van der Waals surface area contributed by atoms with Gasteiger partial charge in [0.25, 0.3) is 11.6 Å².